The van der Waals surface area contributed by atoms with Crippen molar-refractivity contribution in [3.05, 3.63) is 34.9 Å². The summed E-state index contributed by atoms with van der Waals surface area (Å²) in [5.41, 5.74) is -0.174. The van der Waals surface area contributed by atoms with Gasteiger partial charge in [-0.05, 0) is 31.0 Å². The van der Waals surface area contributed by atoms with Crippen molar-refractivity contribution in [1.29, 1.82) is 0 Å². The molecule has 0 saturated carbocycles. The summed E-state index contributed by atoms with van der Waals surface area (Å²) in [7, 11) is 0. The number of carboxylic acids is 2. The predicted octanol–water partition coefficient (Wildman–Crippen LogP) is 2.48. The van der Waals surface area contributed by atoms with E-state index in [1.807, 2.05) is 0 Å². The number of carboxylic acid groups (broad SMARTS) is 2. The summed E-state index contributed by atoms with van der Waals surface area (Å²) in [6, 6.07) is 3.73. The maximum absolute atomic E-state index is 12.5. The first kappa shape index (κ1) is 19.5. The Morgan fingerprint density at radius 3 is 2.46 bits per heavy atom. The van der Waals surface area contributed by atoms with E-state index in [2.05, 4.69) is 5.32 Å². The molecule has 1 aliphatic carbocycles. The minimum absolute atomic E-state index is 0.0850. The number of anilines is 1. The lowest BCUT2D eigenvalue weighted by Crippen LogP contribution is -2.35. The van der Waals surface area contributed by atoms with Gasteiger partial charge in [-0.3, -0.25) is 14.4 Å². The van der Waals surface area contributed by atoms with E-state index in [0.29, 0.717) is 5.03 Å². The number of aromatic carboxylic acids is 1. The molecule has 26 heavy (non-hydrogen) atoms. The number of hydrogen-bond donors (Lipinski definition) is 3. The van der Waals surface area contributed by atoms with Gasteiger partial charge in [-0.1, -0.05) is 17.7 Å². The van der Waals surface area contributed by atoms with Crippen LogP contribution in [0.5, 0.6) is 5.75 Å². The van der Waals surface area contributed by atoms with Gasteiger partial charge >= 0.3 is 17.9 Å². The van der Waals surface area contributed by atoms with Crippen molar-refractivity contribution >= 4 is 41.1 Å². The third-order valence-electron chi connectivity index (χ3n) is 3.88. The van der Waals surface area contributed by atoms with Gasteiger partial charge in [0, 0.05) is 17.6 Å². The van der Waals surface area contributed by atoms with Gasteiger partial charge in [0.25, 0.3) is 0 Å². The van der Waals surface area contributed by atoms with Crippen LogP contribution in [0.25, 0.3) is 0 Å². The Morgan fingerprint density at radius 1 is 1.19 bits per heavy atom. The molecule has 0 heterocycles. The quantitative estimate of drug-likeness (QED) is 0.527. The number of allylic oxidation sites excluding steroid dienone is 2. The average molecular weight is 382 g/mol. The smallest absolute Gasteiger partial charge is 0.339 e. The molecule has 1 amide bonds. The fourth-order valence-corrected chi connectivity index (χ4v) is 2.91. The van der Waals surface area contributed by atoms with Gasteiger partial charge in [-0.15, -0.1) is 0 Å². The second-order valence-electron chi connectivity index (χ2n) is 5.74. The number of carbonyl (C=O) groups is 4. The van der Waals surface area contributed by atoms with Crippen LogP contribution in [0.3, 0.4) is 0 Å². The van der Waals surface area contributed by atoms with Gasteiger partial charge in [0.2, 0.25) is 5.91 Å². The minimum Gasteiger partial charge on any atom is -0.481 e. The Kier molecular flexibility index (Phi) is 5.99. The molecule has 9 heteroatoms. The number of benzene rings is 1. The zero-order valence-corrected chi connectivity index (χ0v) is 14.4. The van der Waals surface area contributed by atoms with Crippen molar-refractivity contribution in [2.75, 3.05) is 5.32 Å². The SMILES string of the molecule is CC(=O)Oc1ccc(NC(=O)[C@H]2CC(Cl)=CC[C@@H]2C(=O)O)cc1C(=O)O. The Morgan fingerprint density at radius 2 is 1.88 bits per heavy atom. The van der Waals surface area contributed by atoms with Crippen molar-refractivity contribution in [3.8, 4) is 5.75 Å². The third-order valence-corrected chi connectivity index (χ3v) is 4.19. The van der Waals surface area contributed by atoms with E-state index in [4.69, 9.17) is 16.3 Å². The van der Waals surface area contributed by atoms with E-state index in [-0.39, 0.29) is 29.8 Å². The van der Waals surface area contributed by atoms with E-state index in [1.165, 1.54) is 12.1 Å². The summed E-state index contributed by atoms with van der Waals surface area (Å²) >= 11 is 5.93. The molecule has 0 aliphatic heterocycles. The number of rotatable bonds is 5. The molecule has 0 aromatic heterocycles. The van der Waals surface area contributed by atoms with Crippen molar-refractivity contribution in [1.82, 2.24) is 0 Å². The number of esters is 1. The first-order chi connectivity index (χ1) is 12.2. The van der Waals surface area contributed by atoms with Gasteiger partial charge < -0.3 is 20.3 Å². The molecule has 3 N–H and O–H groups in total. The zero-order chi connectivity index (χ0) is 19.4. The van der Waals surface area contributed by atoms with E-state index >= 15 is 0 Å². The Labute approximate surface area is 153 Å². The lowest BCUT2D eigenvalue weighted by Gasteiger charge is -2.26. The van der Waals surface area contributed by atoms with E-state index in [1.54, 1.807) is 6.08 Å². The van der Waals surface area contributed by atoms with Gasteiger partial charge in [-0.25, -0.2) is 4.79 Å². The minimum atomic E-state index is -1.34. The standard InChI is InChI=1S/C17H16ClNO7/c1-8(20)26-14-5-3-10(7-13(14)17(24)25)19-15(21)12-6-9(18)2-4-11(12)16(22)23/h2-3,5,7,11-12H,4,6H2,1H3,(H,19,21)(H,22,23)(H,24,25)/t11-,12-/m0/s1. The van der Waals surface area contributed by atoms with Crippen molar-refractivity contribution in [2.45, 2.75) is 19.8 Å². The highest BCUT2D eigenvalue weighted by molar-refractivity contribution is 6.29. The molecule has 0 spiro atoms. The zero-order valence-electron chi connectivity index (χ0n) is 13.7. The lowest BCUT2D eigenvalue weighted by atomic mass is 9.82. The van der Waals surface area contributed by atoms with Crippen LogP contribution >= 0.6 is 11.6 Å². The van der Waals surface area contributed by atoms with Crippen LogP contribution in [-0.4, -0.2) is 34.0 Å². The summed E-state index contributed by atoms with van der Waals surface area (Å²) < 4.78 is 4.81. The second-order valence-corrected chi connectivity index (χ2v) is 6.23. The third kappa shape index (κ3) is 4.60. The number of halogens is 1. The number of amides is 1. The normalized spacial score (nSPS) is 19.2. The molecule has 0 fully saturated rings. The van der Waals surface area contributed by atoms with Crippen LogP contribution in [0.2, 0.25) is 0 Å². The number of aliphatic carboxylic acids is 1. The number of hydrogen-bond acceptors (Lipinski definition) is 5. The monoisotopic (exact) mass is 381 g/mol. The van der Waals surface area contributed by atoms with Gasteiger partial charge in [0.15, 0.2) is 0 Å². The Balaban J connectivity index is 2.24. The molecule has 2 rings (SSSR count). The van der Waals surface area contributed by atoms with Crippen molar-refractivity contribution in [3.63, 3.8) is 0 Å². The predicted molar refractivity (Wildman–Crippen MR) is 91.1 cm³/mol. The first-order valence-corrected chi connectivity index (χ1v) is 8.00. The van der Waals surface area contributed by atoms with Crippen LogP contribution in [0.4, 0.5) is 5.69 Å². The van der Waals surface area contributed by atoms with Gasteiger partial charge in [-0.2, -0.15) is 0 Å². The molecule has 138 valence electrons. The number of nitrogens with one attached hydrogen (secondary N) is 1. The molecule has 0 radical (unpaired) electrons. The van der Waals surface area contributed by atoms with Gasteiger partial charge in [0.05, 0.1) is 11.8 Å². The molecule has 1 aromatic carbocycles. The highest BCUT2D eigenvalue weighted by Gasteiger charge is 2.36. The second kappa shape index (κ2) is 8.01. The lowest BCUT2D eigenvalue weighted by molar-refractivity contribution is -0.146. The molecule has 2 atom stereocenters. The van der Waals surface area contributed by atoms with Crippen LogP contribution in [-0.2, 0) is 14.4 Å². The molecular weight excluding hydrogens is 366 g/mol. The molecular formula is C17H16ClNO7. The summed E-state index contributed by atoms with van der Waals surface area (Å²) in [6.45, 7) is 1.13. The Hall–Kier alpha value is -2.87. The highest BCUT2D eigenvalue weighted by Crippen LogP contribution is 2.33. The molecule has 8 nitrogen and oxygen atoms in total. The van der Waals surface area contributed by atoms with Gasteiger partial charge in [0.1, 0.15) is 11.3 Å². The summed E-state index contributed by atoms with van der Waals surface area (Å²) in [5, 5.41) is 21.4. The number of ether oxygens (including phenoxy) is 1. The van der Waals surface area contributed by atoms with E-state index < -0.39 is 35.7 Å². The molecule has 0 unspecified atom stereocenters. The van der Waals surface area contributed by atoms with Crippen LogP contribution in [0, 0.1) is 11.8 Å². The molecule has 1 aromatic rings. The van der Waals surface area contributed by atoms with E-state index in [0.717, 1.165) is 13.0 Å². The summed E-state index contributed by atoms with van der Waals surface area (Å²) in [6.07, 6.45) is 1.79. The fourth-order valence-electron chi connectivity index (χ4n) is 2.66. The van der Waals surface area contributed by atoms with E-state index in [9.17, 15) is 29.4 Å². The topological polar surface area (TPSA) is 130 Å². The molecule has 1 aliphatic rings. The first-order valence-electron chi connectivity index (χ1n) is 7.63. The summed E-state index contributed by atoms with van der Waals surface area (Å²) in [4.78, 5) is 46.2. The molecule has 0 bridgehead atoms. The van der Waals surface area contributed by atoms with Crippen LogP contribution in [0.1, 0.15) is 30.1 Å². The summed E-state index contributed by atoms with van der Waals surface area (Å²) in [5.74, 6) is -5.68. The average Bonchev–Trinajstić information content (AvgIpc) is 2.55. The maximum Gasteiger partial charge on any atom is 0.339 e. The van der Waals surface area contributed by atoms with Crippen molar-refractivity contribution in [2.24, 2.45) is 11.8 Å². The Bertz CT molecular complexity index is 802. The van der Waals surface area contributed by atoms with Crippen molar-refractivity contribution < 1.29 is 34.1 Å². The molecule has 0 saturated heterocycles. The van der Waals surface area contributed by atoms with Crippen LogP contribution in [0.15, 0.2) is 29.3 Å². The highest BCUT2D eigenvalue weighted by atomic mass is 35.5. The number of carbonyl (C=O) groups excluding carboxylic acids is 2. The maximum atomic E-state index is 12.5. The van der Waals surface area contributed by atoms with Crippen LogP contribution < -0.4 is 10.1 Å². The largest absolute Gasteiger partial charge is 0.481 e. The fraction of sp³-hybridized carbons (Fsp3) is 0.294.